The highest BCUT2D eigenvalue weighted by molar-refractivity contribution is 5.04. The Morgan fingerprint density at radius 3 is 2.47 bits per heavy atom. The summed E-state index contributed by atoms with van der Waals surface area (Å²) in [6.45, 7) is 8.12. The molecule has 0 radical (unpaired) electrons. The van der Waals surface area contributed by atoms with Crippen LogP contribution in [0, 0.1) is 5.92 Å². The zero-order chi connectivity index (χ0) is 11.8. The van der Waals surface area contributed by atoms with Gasteiger partial charge in [-0.1, -0.05) is 24.6 Å². The van der Waals surface area contributed by atoms with Crippen LogP contribution in [0.15, 0.2) is 24.3 Å². The van der Waals surface area contributed by atoms with E-state index in [4.69, 9.17) is 9.47 Å². The molecule has 0 unspecified atom stereocenters. The van der Waals surface area contributed by atoms with Crippen LogP contribution in [0.2, 0.25) is 0 Å². The van der Waals surface area contributed by atoms with Gasteiger partial charge in [0, 0.05) is 20.1 Å². The Bertz CT molecular complexity index is 211. The first kappa shape index (κ1) is 14.4. The van der Waals surface area contributed by atoms with E-state index in [0.29, 0.717) is 6.61 Å². The average Bonchev–Trinajstić information content (AvgIpc) is 2.19. The zero-order valence-electron chi connectivity index (χ0n) is 10.1. The van der Waals surface area contributed by atoms with Crippen LogP contribution in [-0.2, 0) is 9.47 Å². The van der Waals surface area contributed by atoms with E-state index in [-0.39, 0.29) is 12.0 Å². The quantitative estimate of drug-likeness (QED) is 0.656. The summed E-state index contributed by atoms with van der Waals surface area (Å²) in [7, 11) is 3.22. The summed E-state index contributed by atoms with van der Waals surface area (Å²) in [5, 5.41) is 9.91. The van der Waals surface area contributed by atoms with Gasteiger partial charge in [-0.05, 0) is 6.92 Å². The van der Waals surface area contributed by atoms with Crippen LogP contribution in [0.3, 0.4) is 0 Å². The molecule has 88 valence electrons. The highest BCUT2D eigenvalue weighted by Crippen LogP contribution is 2.14. The summed E-state index contributed by atoms with van der Waals surface area (Å²) in [5.41, 5.74) is 1.10. The number of aliphatic hydroxyl groups excluding tert-OH is 1. The molecule has 0 heterocycles. The van der Waals surface area contributed by atoms with Crippen LogP contribution < -0.4 is 0 Å². The summed E-state index contributed by atoms with van der Waals surface area (Å²) in [6.07, 6.45) is 2.70. The van der Waals surface area contributed by atoms with E-state index < -0.39 is 6.10 Å². The van der Waals surface area contributed by atoms with Crippen molar-refractivity contribution < 1.29 is 14.6 Å². The fraction of sp³-hybridized carbons (Fsp3) is 0.667. The van der Waals surface area contributed by atoms with Crippen molar-refractivity contribution in [2.45, 2.75) is 26.1 Å². The Balaban J connectivity index is 4.35. The first-order valence-corrected chi connectivity index (χ1v) is 5.06. The molecule has 0 fully saturated rings. The van der Waals surface area contributed by atoms with Crippen LogP contribution >= 0.6 is 0 Å². The van der Waals surface area contributed by atoms with Gasteiger partial charge in [0.1, 0.15) is 6.10 Å². The van der Waals surface area contributed by atoms with Crippen molar-refractivity contribution in [2.75, 3.05) is 20.8 Å². The standard InChI is InChI=1S/C12H22O3/c1-6-11(15-5)12(13)10(3)7-9(2)8-14-4/h6-7,10-13H,1,8H2,2-5H3/b9-7-/t10-,11+,12+/m1/s1. The molecule has 0 bridgehead atoms. The number of methoxy groups -OCH3 is 2. The molecule has 3 nitrogen and oxygen atoms in total. The van der Waals surface area contributed by atoms with Crippen molar-refractivity contribution in [1.29, 1.82) is 0 Å². The Kier molecular flexibility index (Phi) is 7.30. The largest absolute Gasteiger partial charge is 0.389 e. The second-order valence-electron chi connectivity index (χ2n) is 3.73. The normalized spacial score (nSPS) is 18.3. The third kappa shape index (κ3) is 5.11. The molecule has 0 spiro atoms. The molecule has 0 amide bonds. The summed E-state index contributed by atoms with van der Waals surface area (Å²) in [4.78, 5) is 0. The Labute approximate surface area is 92.4 Å². The predicted octanol–water partition coefficient (Wildman–Crippen LogP) is 1.78. The molecule has 3 heteroatoms. The van der Waals surface area contributed by atoms with E-state index in [9.17, 15) is 5.11 Å². The number of ether oxygens (including phenoxy) is 2. The molecule has 0 aromatic carbocycles. The topological polar surface area (TPSA) is 38.7 Å². The second kappa shape index (κ2) is 7.63. The maximum atomic E-state index is 9.91. The van der Waals surface area contributed by atoms with Gasteiger partial charge in [0.25, 0.3) is 0 Å². The van der Waals surface area contributed by atoms with Crippen LogP contribution in [0.1, 0.15) is 13.8 Å². The van der Waals surface area contributed by atoms with Crippen molar-refractivity contribution in [1.82, 2.24) is 0 Å². The number of rotatable bonds is 7. The summed E-state index contributed by atoms with van der Waals surface area (Å²) < 4.78 is 10.1. The van der Waals surface area contributed by atoms with Gasteiger partial charge < -0.3 is 14.6 Å². The van der Waals surface area contributed by atoms with Gasteiger partial charge >= 0.3 is 0 Å². The van der Waals surface area contributed by atoms with Gasteiger partial charge in [-0.3, -0.25) is 0 Å². The Morgan fingerprint density at radius 2 is 2.07 bits per heavy atom. The van der Waals surface area contributed by atoms with Gasteiger partial charge in [0.2, 0.25) is 0 Å². The number of hydrogen-bond acceptors (Lipinski definition) is 3. The van der Waals surface area contributed by atoms with Crippen LogP contribution in [0.4, 0.5) is 0 Å². The minimum atomic E-state index is -0.570. The molecular weight excluding hydrogens is 192 g/mol. The van der Waals surface area contributed by atoms with E-state index >= 15 is 0 Å². The van der Waals surface area contributed by atoms with Crippen LogP contribution in [-0.4, -0.2) is 38.1 Å². The molecule has 15 heavy (non-hydrogen) atoms. The fourth-order valence-corrected chi connectivity index (χ4v) is 1.50. The maximum Gasteiger partial charge on any atom is 0.101 e. The van der Waals surface area contributed by atoms with Crippen molar-refractivity contribution in [3.63, 3.8) is 0 Å². The first-order chi connectivity index (χ1) is 7.06. The van der Waals surface area contributed by atoms with Crippen LogP contribution in [0.5, 0.6) is 0 Å². The molecular formula is C12H22O3. The lowest BCUT2D eigenvalue weighted by Gasteiger charge is -2.22. The minimum Gasteiger partial charge on any atom is -0.389 e. The maximum absolute atomic E-state index is 9.91. The minimum absolute atomic E-state index is 0.0168. The molecule has 0 aliphatic heterocycles. The van der Waals surface area contributed by atoms with Gasteiger partial charge in [-0.15, -0.1) is 6.58 Å². The molecule has 0 rings (SSSR count). The Morgan fingerprint density at radius 1 is 1.47 bits per heavy atom. The van der Waals surface area contributed by atoms with Crippen LogP contribution in [0.25, 0.3) is 0 Å². The lowest BCUT2D eigenvalue weighted by Crippen LogP contribution is -2.31. The Hall–Kier alpha value is -0.640. The van der Waals surface area contributed by atoms with E-state index in [2.05, 4.69) is 6.58 Å². The summed E-state index contributed by atoms with van der Waals surface area (Å²) in [5.74, 6) is 0.0168. The second-order valence-corrected chi connectivity index (χ2v) is 3.73. The molecule has 0 saturated carbocycles. The zero-order valence-corrected chi connectivity index (χ0v) is 10.1. The van der Waals surface area contributed by atoms with E-state index in [1.165, 1.54) is 0 Å². The van der Waals surface area contributed by atoms with E-state index in [0.717, 1.165) is 5.57 Å². The predicted molar refractivity (Wildman–Crippen MR) is 61.8 cm³/mol. The fourth-order valence-electron chi connectivity index (χ4n) is 1.50. The smallest absolute Gasteiger partial charge is 0.101 e. The van der Waals surface area contributed by atoms with Gasteiger partial charge in [0.05, 0.1) is 12.7 Å². The number of hydrogen-bond donors (Lipinski definition) is 1. The van der Waals surface area contributed by atoms with Crippen molar-refractivity contribution in [3.05, 3.63) is 24.3 Å². The van der Waals surface area contributed by atoms with Crippen molar-refractivity contribution >= 4 is 0 Å². The highest BCUT2D eigenvalue weighted by atomic mass is 16.5. The summed E-state index contributed by atoms with van der Waals surface area (Å²) in [6, 6.07) is 0. The average molecular weight is 214 g/mol. The van der Waals surface area contributed by atoms with E-state index in [1.807, 2.05) is 19.9 Å². The third-order valence-electron chi connectivity index (χ3n) is 2.30. The SMILES string of the molecule is C=C[C@H](OC)[C@@H](O)[C@H](C)/C=C(/C)COC. The van der Waals surface area contributed by atoms with Gasteiger partial charge in [0.15, 0.2) is 0 Å². The van der Waals surface area contributed by atoms with Gasteiger partial charge in [-0.25, -0.2) is 0 Å². The molecule has 1 N–H and O–H groups in total. The molecule has 3 atom stereocenters. The lowest BCUT2D eigenvalue weighted by atomic mass is 9.97. The van der Waals surface area contributed by atoms with Gasteiger partial charge in [-0.2, -0.15) is 0 Å². The third-order valence-corrected chi connectivity index (χ3v) is 2.30. The van der Waals surface area contributed by atoms with E-state index in [1.54, 1.807) is 20.3 Å². The highest BCUT2D eigenvalue weighted by Gasteiger charge is 2.20. The molecule has 0 aromatic heterocycles. The monoisotopic (exact) mass is 214 g/mol. The first-order valence-electron chi connectivity index (χ1n) is 5.06. The molecule has 0 aromatic rings. The van der Waals surface area contributed by atoms with Crippen molar-refractivity contribution in [2.24, 2.45) is 5.92 Å². The van der Waals surface area contributed by atoms with Crippen molar-refractivity contribution in [3.8, 4) is 0 Å². The molecule has 0 saturated heterocycles. The number of aliphatic hydroxyl groups is 1. The molecule has 0 aliphatic rings. The molecule has 0 aliphatic carbocycles. The summed E-state index contributed by atoms with van der Waals surface area (Å²) >= 11 is 0. The lowest BCUT2D eigenvalue weighted by molar-refractivity contribution is -0.00164.